The van der Waals surface area contributed by atoms with Gasteiger partial charge in [-0.15, -0.1) is 0 Å². The molecule has 6 nitrogen and oxygen atoms in total. The van der Waals surface area contributed by atoms with E-state index in [4.69, 9.17) is 9.84 Å². The van der Waals surface area contributed by atoms with E-state index in [0.29, 0.717) is 13.2 Å². The topological polar surface area (TPSA) is 87.7 Å². The van der Waals surface area contributed by atoms with Crippen LogP contribution in [0.4, 0.5) is 0 Å². The minimum absolute atomic E-state index is 0.255. The second-order valence-corrected chi connectivity index (χ2v) is 3.64. The Morgan fingerprint density at radius 2 is 2.06 bits per heavy atom. The highest BCUT2D eigenvalue weighted by molar-refractivity contribution is 5.84. The molecule has 94 valence electrons. The molecule has 0 rings (SSSR count). The average Bonchev–Trinajstić information content (AvgIpc) is 2.23. The van der Waals surface area contributed by atoms with Gasteiger partial charge in [0.25, 0.3) is 0 Å². The van der Waals surface area contributed by atoms with Crippen LogP contribution in [0.1, 0.15) is 13.3 Å². The Morgan fingerprint density at radius 3 is 2.50 bits per heavy atom. The fourth-order valence-corrected chi connectivity index (χ4v) is 1.21. The van der Waals surface area contributed by atoms with Crippen molar-refractivity contribution in [2.45, 2.75) is 19.4 Å². The van der Waals surface area contributed by atoms with Crippen LogP contribution in [0.2, 0.25) is 0 Å². The van der Waals surface area contributed by atoms with Gasteiger partial charge in [0.2, 0.25) is 5.91 Å². The van der Waals surface area contributed by atoms with Gasteiger partial charge in [0.1, 0.15) is 6.04 Å². The van der Waals surface area contributed by atoms with Gasteiger partial charge in [0.05, 0.1) is 0 Å². The van der Waals surface area contributed by atoms with Gasteiger partial charge in [-0.2, -0.15) is 0 Å². The number of amides is 1. The van der Waals surface area contributed by atoms with Crippen molar-refractivity contribution in [2.75, 3.05) is 27.3 Å². The monoisotopic (exact) mass is 232 g/mol. The molecule has 0 radical (unpaired) electrons. The molecular formula is C10H20N2O4. The fraction of sp³-hybridized carbons (Fsp3) is 0.800. The summed E-state index contributed by atoms with van der Waals surface area (Å²) in [6, 6.07) is -0.883. The zero-order chi connectivity index (χ0) is 12.6. The molecule has 0 saturated heterocycles. The molecule has 0 aliphatic carbocycles. The molecule has 0 aliphatic rings. The van der Waals surface area contributed by atoms with Crippen molar-refractivity contribution in [1.82, 2.24) is 10.6 Å². The van der Waals surface area contributed by atoms with Crippen LogP contribution in [0.3, 0.4) is 0 Å². The normalized spacial score (nSPS) is 14.2. The Bertz CT molecular complexity index is 233. The van der Waals surface area contributed by atoms with Gasteiger partial charge < -0.3 is 20.5 Å². The number of carboxylic acids is 1. The summed E-state index contributed by atoms with van der Waals surface area (Å²) in [5.74, 6) is -1.56. The van der Waals surface area contributed by atoms with E-state index in [0.717, 1.165) is 0 Å². The van der Waals surface area contributed by atoms with Crippen LogP contribution in [0.25, 0.3) is 0 Å². The number of carbonyl (C=O) groups excluding carboxylic acids is 1. The van der Waals surface area contributed by atoms with Crippen LogP contribution in [0.5, 0.6) is 0 Å². The summed E-state index contributed by atoms with van der Waals surface area (Å²) in [6.07, 6.45) is 0.268. The van der Waals surface area contributed by atoms with Crippen LogP contribution in [-0.2, 0) is 14.3 Å². The van der Waals surface area contributed by atoms with Gasteiger partial charge in [0, 0.05) is 32.6 Å². The van der Waals surface area contributed by atoms with Crippen molar-refractivity contribution < 1.29 is 19.4 Å². The quantitative estimate of drug-likeness (QED) is 0.522. The first-order valence-corrected chi connectivity index (χ1v) is 5.19. The Morgan fingerprint density at radius 1 is 1.44 bits per heavy atom. The molecule has 16 heavy (non-hydrogen) atoms. The second-order valence-electron chi connectivity index (χ2n) is 3.64. The molecule has 0 spiro atoms. The van der Waals surface area contributed by atoms with E-state index >= 15 is 0 Å². The zero-order valence-electron chi connectivity index (χ0n) is 9.95. The Balaban J connectivity index is 4.17. The number of methoxy groups -OCH3 is 1. The first kappa shape index (κ1) is 14.9. The molecule has 3 N–H and O–H groups in total. The van der Waals surface area contributed by atoms with E-state index < -0.39 is 12.0 Å². The number of carboxylic acid groups (broad SMARTS) is 1. The average molecular weight is 232 g/mol. The predicted octanol–water partition coefficient (Wildman–Crippen LogP) is -0.552. The fourth-order valence-electron chi connectivity index (χ4n) is 1.21. The number of hydrogen-bond donors (Lipinski definition) is 3. The third-order valence-corrected chi connectivity index (χ3v) is 2.18. The summed E-state index contributed by atoms with van der Waals surface area (Å²) >= 11 is 0. The van der Waals surface area contributed by atoms with E-state index in [9.17, 15) is 9.59 Å². The first-order chi connectivity index (χ1) is 7.52. The summed E-state index contributed by atoms with van der Waals surface area (Å²) in [4.78, 5) is 22.4. The second kappa shape index (κ2) is 8.06. The maximum absolute atomic E-state index is 11.6. The van der Waals surface area contributed by atoms with E-state index in [-0.39, 0.29) is 18.2 Å². The summed E-state index contributed by atoms with van der Waals surface area (Å²) in [7, 11) is 3.23. The molecule has 0 bridgehead atoms. The molecule has 0 aromatic heterocycles. The van der Waals surface area contributed by atoms with Gasteiger partial charge >= 0.3 is 5.97 Å². The van der Waals surface area contributed by atoms with Gasteiger partial charge in [-0.1, -0.05) is 6.92 Å². The van der Waals surface area contributed by atoms with Crippen molar-refractivity contribution in [1.29, 1.82) is 0 Å². The van der Waals surface area contributed by atoms with Crippen LogP contribution in [-0.4, -0.2) is 50.3 Å². The highest BCUT2D eigenvalue weighted by Crippen LogP contribution is 1.98. The highest BCUT2D eigenvalue weighted by Gasteiger charge is 2.22. The van der Waals surface area contributed by atoms with Crippen molar-refractivity contribution in [2.24, 2.45) is 5.92 Å². The summed E-state index contributed by atoms with van der Waals surface area (Å²) in [5, 5.41) is 14.2. The molecule has 0 aliphatic heterocycles. The number of ether oxygens (including phenoxy) is 1. The predicted molar refractivity (Wildman–Crippen MR) is 59.2 cm³/mol. The van der Waals surface area contributed by atoms with Gasteiger partial charge in [-0.05, 0) is 7.05 Å². The Kier molecular flexibility index (Phi) is 7.49. The highest BCUT2D eigenvalue weighted by atomic mass is 16.5. The minimum Gasteiger partial charge on any atom is -0.480 e. The van der Waals surface area contributed by atoms with Gasteiger partial charge in [-0.3, -0.25) is 4.79 Å². The van der Waals surface area contributed by atoms with Crippen LogP contribution in [0.15, 0.2) is 0 Å². The standard InChI is InChI=1S/C10H20N2O4/c1-7(6-11-2)9(13)12-8(10(14)15)4-5-16-3/h7-8,11H,4-6H2,1-3H3,(H,12,13)(H,14,15). The summed E-state index contributed by atoms with van der Waals surface area (Å²) < 4.78 is 4.79. The molecule has 0 fully saturated rings. The van der Waals surface area contributed by atoms with Gasteiger partial charge in [0.15, 0.2) is 0 Å². The third kappa shape index (κ3) is 5.67. The van der Waals surface area contributed by atoms with Crippen molar-refractivity contribution in [3.8, 4) is 0 Å². The summed E-state index contributed by atoms with van der Waals surface area (Å²) in [5.41, 5.74) is 0. The first-order valence-electron chi connectivity index (χ1n) is 5.19. The number of aliphatic carboxylic acids is 1. The van der Waals surface area contributed by atoms with Crippen LogP contribution < -0.4 is 10.6 Å². The number of nitrogens with one attached hydrogen (secondary N) is 2. The zero-order valence-corrected chi connectivity index (χ0v) is 9.95. The van der Waals surface area contributed by atoms with Gasteiger partial charge in [-0.25, -0.2) is 4.79 Å². The summed E-state index contributed by atoms with van der Waals surface area (Å²) in [6.45, 7) is 2.56. The number of carbonyl (C=O) groups is 2. The smallest absolute Gasteiger partial charge is 0.326 e. The number of rotatable bonds is 8. The lowest BCUT2D eigenvalue weighted by molar-refractivity contribution is -0.142. The molecule has 6 heteroatoms. The third-order valence-electron chi connectivity index (χ3n) is 2.18. The molecule has 2 unspecified atom stereocenters. The Hall–Kier alpha value is -1.14. The largest absolute Gasteiger partial charge is 0.480 e. The van der Waals surface area contributed by atoms with Crippen molar-refractivity contribution in [3.63, 3.8) is 0 Å². The molecule has 2 atom stereocenters. The lowest BCUT2D eigenvalue weighted by Crippen LogP contribution is -2.45. The molecule has 0 saturated carbocycles. The molecule has 0 heterocycles. The van der Waals surface area contributed by atoms with E-state index in [2.05, 4.69) is 10.6 Å². The van der Waals surface area contributed by atoms with E-state index in [1.165, 1.54) is 7.11 Å². The molecule has 1 amide bonds. The van der Waals surface area contributed by atoms with E-state index in [1.807, 2.05) is 0 Å². The lowest BCUT2D eigenvalue weighted by atomic mass is 10.1. The van der Waals surface area contributed by atoms with Crippen molar-refractivity contribution >= 4 is 11.9 Å². The van der Waals surface area contributed by atoms with E-state index in [1.54, 1.807) is 14.0 Å². The maximum Gasteiger partial charge on any atom is 0.326 e. The molecule has 0 aromatic rings. The van der Waals surface area contributed by atoms with Crippen LogP contribution >= 0.6 is 0 Å². The lowest BCUT2D eigenvalue weighted by Gasteiger charge is -2.17. The molecular weight excluding hydrogens is 212 g/mol. The number of hydrogen-bond acceptors (Lipinski definition) is 4. The maximum atomic E-state index is 11.6. The Labute approximate surface area is 95.4 Å². The SMILES string of the molecule is CNCC(C)C(=O)NC(CCOC)C(=O)O. The molecule has 0 aromatic carbocycles. The van der Waals surface area contributed by atoms with Crippen LogP contribution in [0, 0.1) is 5.92 Å². The van der Waals surface area contributed by atoms with Crippen molar-refractivity contribution in [3.05, 3.63) is 0 Å². The minimum atomic E-state index is -1.04.